The van der Waals surface area contributed by atoms with Crippen LogP contribution in [0, 0.1) is 0 Å². The summed E-state index contributed by atoms with van der Waals surface area (Å²) >= 11 is 0. The van der Waals surface area contributed by atoms with Crippen molar-refractivity contribution in [3.8, 4) is 0 Å². The van der Waals surface area contributed by atoms with Crippen molar-refractivity contribution in [2.75, 3.05) is 27.2 Å². The topological polar surface area (TPSA) is 37.6 Å². The largest absolute Gasteiger partial charge is 0.472 e. The zero-order chi connectivity index (χ0) is 12.1. The zero-order valence-electron chi connectivity index (χ0n) is 10.7. The molecule has 0 saturated carbocycles. The van der Waals surface area contributed by atoms with E-state index < -0.39 is 0 Å². The van der Waals surface area contributed by atoms with E-state index in [4.69, 9.17) is 9.15 Å². The van der Waals surface area contributed by atoms with Gasteiger partial charge in [0.25, 0.3) is 0 Å². The number of rotatable bonds is 6. The quantitative estimate of drug-likeness (QED) is 0.814. The highest BCUT2D eigenvalue weighted by atomic mass is 16.5. The van der Waals surface area contributed by atoms with Gasteiger partial charge in [-0.25, -0.2) is 0 Å². The van der Waals surface area contributed by atoms with Gasteiger partial charge in [0, 0.05) is 25.2 Å². The van der Waals surface area contributed by atoms with Crippen molar-refractivity contribution in [3.63, 3.8) is 0 Å². The maximum atomic E-state index is 5.96. The highest BCUT2D eigenvalue weighted by Gasteiger charge is 2.25. The van der Waals surface area contributed by atoms with Crippen molar-refractivity contribution in [2.45, 2.75) is 31.6 Å². The van der Waals surface area contributed by atoms with Gasteiger partial charge in [0.1, 0.15) is 0 Å². The van der Waals surface area contributed by atoms with E-state index in [1.54, 1.807) is 12.5 Å². The summed E-state index contributed by atoms with van der Waals surface area (Å²) in [5, 5.41) is 3.17. The maximum absolute atomic E-state index is 5.96. The van der Waals surface area contributed by atoms with Gasteiger partial charge < -0.3 is 14.5 Å². The minimum atomic E-state index is 0.380. The molecule has 1 saturated heterocycles. The lowest BCUT2D eigenvalue weighted by Gasteiger charge is -2.20. The normalized spacial score (nSPS) is 24.6. The van der Waals surface area contributed by atoms with Crippen molar-refractivity contribution in [1.82, 2.24) is 10.2 Å². The molecule has 0 spiro atoms. The molecule has 1 aliphatic heterocycles. The van der Waals surface area contributed by atoms with Gasteiger partial charge in [-0.3, -0.25) is 4.90 Å². The first-order valence-corrected chi connectivity index (χ1v) is 6.27. The molecule has 0 amide bonds. The lowest BCUT2D eigenvalue weighted by atomic mass is 10.2. The Morgan fingerprint density at radius 2 is 2.24 bits per heavy atom. The van der Waals surface area contributed by atoms with E-state index in [0.717, 1.165) is 19.6 Å². The van der Waals surface area contributed by atoms with E-state index in [2.05, 4.69) is 17.3 Å². The van der Waals surface area contributed by atoms with Crippen LogP contribution in [0.25, 0.3) is 0 Å². The number of ether oxygens (including phenoxy) is 1. The Morgan fingerprint density at radius 1 is 1.41 bits per heavy atom. The molecule has 1 aromatic heterocycles. The minimum absolute atomic E-state index is 0.380. The summed E-state index contributed by atoms with van der Waals surface area (Å²) in [5.41, 5.74) is 1.22. The minimum Gasteiger partial charge on any atom is -0.472 e. The summed E-state index contributed by atoms with van der Waals surface area (Å²) in [6, 6.07) is 2.01. The summed E-state index contributed by atoms with van der Waals surface area (Å²) in [6.07, 6.45) is 6.64. The highest BCUT2D eigenvalue weighted by Crippen LogP contribution is 2.20. The van der Waals surface area contributed by atoms with Crippen molar-refractivity contribution >= 4 is 0 Å². The Hall–Kier alpha value is -0.840. The summed E-state index contributed by atoms with van der Waals surface area (Å²) in [4.78, 5) is 2.29. The molecule has 1 aliphatic rings. The molecule has 4 nitrogen and oxygen atoms in total. The summed E-state index contributed by atoms with van der Waals surface area (Å²) < 4.78 is 11.0. The predicted octanol–water partition coefficient (Wildman–Crippen LogP) is 1.48. The fourth-order valence-corrected chi connectivity index (χ4v) is 2.40. The van der Waals surface area contributed by atoms with Crippen molar-refractivity contribution in [3.05, 3.63) is 24.2 Å². The first-order chi connectivity index (χ1) is 8.28. The number of hydrogen-bond donors (Lipinski definition) is 1. The van der Waals surface area contributed by atoms with Crippen LogP contribution in [0.1, 0.15) is 18.4 Å². The second-order valence-corrected chi connectivity index (χ2v) is 4.84. The fourth-order valence-electron chi connectivity index (χ4n) is 2.40. The van der Waals surface area contributed by atoms with E-state index in [-0.39, 0.29) is 0 Å². The number of furan rings is 1. The van der Waals surface area contributed by atoms with Crippen LogP contribution in [0.2, 0.25) is 0 Å². The maximum Gasteiger partial charge on any atom is 0.0947 e. The van der Waals surface area contributed by atoms with Gasteiger partial charge in [0.05, 0.1) is 24.7 Å². The van der Waals surface area contributed by atoms with Gasteiger partial charge in [-0.2, -0.15) is 0 Å². The van der Waals surface area contributed by atoms with Crippen molar-refractivity contribution in [2.24, 2.45) is 0 Å². The molecule has 96 valence electrons. The van der Waals surface area contributed by atoms with E-state index in [1.165, 1.54) is 18.4 Å². The predicted molar refractivity (Wildman–Crippen MR) is 66.9 cm³/mol. The average Bonchev–Trinajstić information content (AvgIpc) is 2.91. The third-order valence-corrected chi connectivity index (χ3v) is 3.18. The number of nitrogens with one attached hydrogen (secondary N) is 1. The van der Waals surface area contributed by atoms with Crippen LogP contribution in [0.15, 0.2) is 23.0 Å². The van der Waals surface area contributed by atoms with Gasteiger partial charge in [-0.1, -0.05) is 0 Å². The summed E-state index contributed by atoms with van der Waals surface area (Å²) in [6.45, 7) is 2.88. The Morgan fingerprint density at radius 3 is 2.94 bits per heavy atom. The molecule has 0 aromatic carbocycles. The second kappa shape index (κ2) is 6.19. The van der Waals surface area contributed by atoms with Crippen LogP contribution in [-0.2, 0) is 11.3 Å². The Balaban J connectivity index is 1.70. The van der Waals surface area contributed by atoms with E-state index in [1.807, 2.05) is 13.1 Å². The lowest BCUT2D eigenvalue weighted by Crippen LogP contribution is -2.30. The highest BCUT2D eigenvalue weighted by molar-refractivity contribution is 5.04. The molecular formula is C13H22N2O2. The third kappa shape index (κ3) is 3.84. The monoisotopic (exact) mass is 238 g/mol. The zero-order valence-corrected chi connectivity index (χ0v) is 10.7. The van der Waals surface area contributed by atoms with Gasteiger partial charge in [0.15, 0.2) is 0 Å². The molecular weight excluding hydrogens is 216 g/mol. The summed E-state index contributed by atoms with van der Waals surface area (Å²) in [5.74, 6) is 0. The molecule has 2 unspecified atom stereocenters. The SMILES string of the molecule is CNCC1CCC(CN(C)Cc2ccoc2)O1. The smallest absolute Gasteiger partial charge is 0.0947 e. The van der Waals surface area contributed by atoms with Gasteiger partial charge >= 0.3 is 0 Å². The van der Waals surface area contributed by atoms with Crippen LogP contribution in [0.3, 0.4) is 0 Å². The number of nitrogens with zero attached hydrogens (tertiary/aromatic N) is 1. The average molecular weight is 238 g/mol. The molecule has 4 heteroatoms. The van der Waals surface area contributed by atoms with Gasteiger partial charge in [-0.05, 0) is 33.0 Å². The van der Waals surface area contributed by atoms with Crippen molar-refractivity contribution in [1.29, 1.82) is 0 Å². The van der Waals surface area contributed by atoms with E-state index in [9.17, 15) is 0 Å². The molecule has 0 radical (unpaired) electrons. The molecule has 2 atom stereocenters. The van der Waals surface area contributed by atoms with Crippen LogP contribution in [0.5, 0.6) is 0 Å². The molecule has 1 fully saturated rings. The second-order valence-electron chi connectivity index (χ2n) is 4.84. The number of hydrogen-bond acceptors (Lipinski definition) is 4. The summed E-state index contributed by atoms with van der Waals surface area (Å²) in [7, 11) is 4.10. The Kier molecular flexibility index (Phi) is 4.59. The van der Waals surface area contributed by atoms with E-state index in [0.29, 0.717) is 12.2 Å². The van der Waals surface area contributed by atoms with E-state index >= 15 is 0 Å². The number of likely N-dealkylation sites (N-methyl/N-ethyl adjacent to an activating group) is 2. The molecule has 0 aliphatic carbocycles. The van der Waals surface area contributed by atoms with Crippen LogP contribution < -0.4 is 5.32 Å². The molecule has 17 heavy (non-hydrogen) atoms. The standard InChI is InChI=1S/C13H22N2O2/c1-14-7-12-3-4-13(17-12)9-15(2)8-11-5-6-16-10-11/h5-6,10,12-14H,3-4,7-9H2,1-2H3. The molecule has 1 N–H and O–H groups in total. The first-order valence-electron chi connectivity index (χ1n) is 6.27. The first kappa shape index (κ1) is 12.6. The van der Waals surface area contributed by atoms with Gasteiger partial charge in [-0.15, -0.1) is 0 Å². The molecule has 1 aromatic rings. The Labute approximate surface area is 103 Å². The lowest BCUT2D eigenvalue weighted by molar-refractivity contribution is 0.0275. The molecule has 0 bridgehead atoms. The fraction of sp³-hybridized carbons (Fsp3) is 0.692. The molecule has 2 heterocycles. The van der Waals surface area contributed by atoms with Crippen LogP contribution in [0.4, 0.5) is 0 Å². The van der Waals surface area contributed by atoms with Crippen molar-refractivity contribution < 1.29 is 9.15 Å². The Bertz CT molecular complexity index is 313. The van der Waals surface area contributed by atoms with Gasteiger partial charge in [0.2, 0.25) is 0 Å². The third-order valence-electron chi connectivity index (χ3n) is 3.18. The van der Waals surface area contributed by atoms with Crippen LogP contribution in [-0.4, -0.2) is 44.3 Å². The molecule has 2 rings (SSSR count). The van der Waals surface area contributed by atoms with Crippen LogP contribution >= 0.6 is 0 Å².